The summed E-state index contributed by atoms with van der Waals surface area (Å²) in [4.78, 5) is 15.3. The number of carbonyl (C=O) groups is 1. The van der Waals surface area contributed by atoms with E-state index in [1.54, 1.807) is 4.90 Å². The van der Waals surface area contributed by atoms with E-state index in [0.29, 0.717) is 11.8 Å². The van der Waals surface area contributed by atoms with Gasteiger partial charge in [-0.1, -0.05) is 11.6 Å². The Morgan fingerprint density at radius 3 is 2.79 bits per heavy atom. The van der Waals surface area contributed by atoms with Crippen LogP contribution in [-0.4, -0.2) is 43.0 Å². The average molecular weight is 194 g/mol. The molecule has 1 fully saturated rings. The number of amides is 2. The molecular formula is C11H18N2O. The average Bonchev–Trinajstić information content (AvgIpc) is 2.59. The third kappa shape index (κ3) is 1.51. The third-order valence-electron chi connectivity index (χ3n) is 3.23. The lowest BCUT2D eigenvalue weighted by Crippen LogP contribution is -2.37. The standard InChI is InChI=1S/C11H18N2O/c1-8-4-9-6-13(7-10(9)5-8)11(14)12(2)3/h4,9-10H,5-7H2,1-3H3. The molecule has 14 heavy (non-hydrogen) atoms. The number of allylic oxidation sites excluding steroid dienone is 1. The van der Waals surface area contributed by atoms with Crippen molar-refractivity contribution in [1.82, 2.24) is 9.80 Å². The van der Waals surface area contributed by atoms with E-state index in [1.165, 1.54) is 12.0 Å². The van der Waals surface area contributed by atoms with Gasteiger partial charge in [0.25, 0.3) is 0 Å². The fourth-order valence-corrected chi connectivity index (χ4v) is 2.59. The molecular weight excluding hydrogens is 176 g/mol. The van der Waals surface area contributed by atoms with E-state index in [4.69, 9.17) is 0 Å². The molecule has 0 aromatic rings. The van der Waals surface area contributed by atoms with Gasteiger partial charge in [-0.3, -0.25) is 0 Å². The highest BCUT2D eigenvalue weighted by Crippen LogP contribution is 2.36. The molecule has 0 N–H and O–H groups in total. The van der Waals surface area contributed by atoms with E-state index in [-0.39, 0.29) is 6.03 Å². The Hall–Kier alpha value is -0.990. The van der Waals surface area contributed by atoms with Crippen LogP contribution in [0.1, 0.15) is 13.3 Å². The van der Waals surface area contributed by atoms with Gasteiger partial charge in [-0.15, -0.1) is 0 Å². The van der Waals surface area contributed by atoms with Gasteiger partial charge in [0, 0.05) is 27.2 Å². The molecule has 2 atom stereocenters. The van der Waals surface area contributed by atoms with Gasteiger partial charge in [0.1, 0.15) is 0 Å². The Labute approximate surface area is 85.4 Å². The quantitative estimate of drug-likeness (QED) is 0.537. The lowest BCUT2D eigenvalue weighted by molar-refractivity contribution is 0.179. The van der Waals surface area contributed by atoms with E-state index in [0.717, 1.165) is 13.1 Å². The van der Waals surface area contributed by atoms with Gasteiger partial charge in [-0.25, -0.2) is 4.79 Å². The van der Waals surface area contributed by atoms with Crippen LogP contribution in [0, 0.1) is 11.8 Å². The smallest absolute Gasteiger partial charge is 0.319 e. The van der Waals surface area contributed by atoms with Crippen molar-refractivity contribution < 1.29 is 4.79 Å². The van der Waals surface area contributed by atoms with Gasteiger partial charge in [-0.05, 0) is 25.2 Å². The van der Waals surface area contributed by atoms with Crippen molar-refractivity contribution in [2.75, 3.05) is 27.2 Å². The predicted octanol–water partition coefficient (Wildman–Crippen LogP) is 1.57. The molecule has 1 aliphatic carbocycles. The fraction of sp³-hybridized carbons (Fsp3) is 0.727. The topological polar surface area (TPSA) is 23.6 Å². The number of fused-ring (bicyclic) bond motifs is 1. The maximum absolute atomic E-state index is 11.7. The molecule has 0 aromatic carbocycles. The predicted molar refractivity (Wildman–Crippen MR) is 56.0 cm³/mol. The van der Waals surface area contributed by atoms with Crippen LogP contribution in [0.5, 0.6) is 0 Å². The molecule has 0 bridgehead atoms. The summed E-state index contributed by atoms with van der Waals surface area (Å²) in [6.07, 6.45) is 3.52. The van der Waals surface area contributed by atoms with Crippen molar-refractivity contribution in [3.8, 4) is 0 Å². The Balaban J connectivity index is 2.00. The molecule has 78 valence electrons. The highest BCUT2D eigenvalue weighted by molar-refractivity contribution is 5.74. The number of urea groups is 1. The van der Waals surface area contributed by atoms with E-state index >= 15 is 0 Å². The van der Waals surface area contributed by atoms with Crippen LogP contribution in [0.4, 0.5) is 4.79 Å². The summed E-state index contributed by atoms with van der Waals surface area (Å²) < 4.78 is 0. The summed E-state index contributed by atoms with van der Waals surface area (Å²) in [5.41, 5.74) is 1.50. The molecule has 1 heterocycles. The van der Waals surface area contributed by atoms with Crippen LogP contribution in [0.15, 0.2) is 11.6 Å². The zero-order chi connectivity index (χ0) is 10.3. The second-order valence-electron chi connectivity index (χ2n) is 4.72. The molecule has 0 radical (unpaired) electrons. The molecule has 3 heteroatoms. The van der Waals surface area contributed by atoms with Crippen LogP contribution in [-0.2, 0) is 0 Å². The highest BCUT2D eigenvalue weighted by Gasteiger charge is 2.37. The van der Waals surface area contributed by atoms with Gasteiger partial charge in [0.05, 0.1) is 0 Å². The van der Waals surface area contributed by atoms with E-state index in [1.807, 2.05) is 19.0 Å². The van der Waals surface area contributed by atoms with Crippen LogP contribution >= 0.6 is 0 Å². The maximum atomic E-state index is 11.7. The van der Waals surface area contributed by atoms with Crippen molar-refractivity contribution in [2.24, 2.45) is 11.8 Å². The summed E-state index contributed by atoms with van der Waals surface area (Å²) >= 11 is 0. The zero-order valence-electron chi connectivity index (χ0n) is 9.16. The van der Waals surface area contributed by atoms with Crippen LogP contribution < -0.4 is 0 Å². The first-order chi connectivity index (χ1) is 6.58. The van der Waals surface area contributed by atoms with E-state index < -0.39 is 0 Å². The molecule has 2 unspecified atom stereocenters. The van der Waals surface area contributed by atoms with Crippen molar-refractivity contribution in [3.63, 3.8) is 0 Å². The van der Waals surface area contributed by atoms with Crippen molar-refractivity contribution >= 4 is 6.03 Å². The SMILES string of the molecule is CC1=CC2CN(C(=O)N(C)C)CC2C1. The Morgan fingerprint density at radius 2 is 2.21 bits per heavy atom. The highest BCUT2D eigenvalue weighted by atomic mass is 16.2. The van der Waals surface area contributed by atoms with Crippen LogP contribution in [0.25, 0.3) is 0 Å². The lowest BCUT2D eigenvalue weighted by Gasteiger charge is -2.21. The second kappa shape index (κ2) is 3.30. The largest absolute Gasteiger partial charge is 0.331 e. The van der Waals surface area contributed by atoms with E-state index in [2.05, 4.69) is 13.0 Å². The van der Waals surface area contributed by atoms with Gasteiger partial charge in [0.15, 0.2) is 0 Å². The number of hydrogen-bond donors (Lipinski definition) is 0. The zero-order valence-corrected chi connectivity index (χ0v) is 9.16. The van der Waals surface area contributed by atoms with Crippen molar-refractivity contribution in [2.45, 2.75) is 13.3 Å². The molecule has 2 rings (SSSR count). The Bertz CT molecular complexity index is 283. The van der Waals surface area contributed by atoms with Crippen LogP contribution in [0.2, 0.25) is 0 Å². The number of likely N-dealkylation sites (tertiary alicyclic amines) is 1. The Kier molecular flexibility index (Phi) is 2.25. The molecule has 1 aliphatic heterocycles. The molecule has 1 saturated heterocycles. The molecule has 2 amide bonds. The number of nitrogens with zero attached hydrogens (tertiary/aromatic N) is 2. The number of hydrogen-bond acceptors (Lipinski definition) is 1. The first-order valence-corrected chi connectivity index (χ1v) is 5.21. The van der Waals surface area contributed by atoms with Gasteiger partial charge in [0.2, 0.25) is 0 Å². The summed E-state index contributed by atoms with van der Waals surface area (Å²) in [5.74, 6) is 1.32. The number of carbonyl (C=O) groups excluding carboxylic acids is 1. The van der Waals surface area contributed by atoms with Crippen molar-refractivity contribution in [1.29, 1.82) is 0 Å². The van der Waals surface area contributed by atoms with Gasteiger partial charge < -0.3 is 9.80 Å². The molecule has 0 aromatic heterocycles. The minimum Gasteiger partial charge on any atom is -0.331 e. The fourth-order valence-electron chi connectivity index (χ4n) is 2.59. The lowest BCUT2D eigenvalue weighted by atomic mass is 10.00. The van der Waals surface area contributed by atoms with Gasteiger partial charge >= 0.3 is 6.03 Å². The second-order valence-corrected chi connectivity index (χ2v) is 4.72. The molecule has 0 spiro atoms. The summed E-state index contributed by atoms with van der Waals surface area (Å²) in [5, 5.41) is 0. The molecule has 2 aliphatic rings. The normalized spacial score (nSPS) is 30.2. The van der Waals surface area contributed by atoms with Gasteiger partial charge in [-0.2, -0.15) is 0 Å². The minimum atomic E-state index is 0.158. The van der Waals surface area contributed by atoms with E-state index in [9.17, 15) is 4.79 Å². The Morgan fingerprint density at radius 1 is 1.50 bits per heavy atom. The minimum absolute atomic E-state index is 0.158. The monoisotopic (exact) mass is 194 g/mol. The van der Waals surface area contributed by atoms with Crippen molar-refractivity contribution in [3.05, 3.63) is 11.6 Å². The summed E-state index contributed by atoms with van der Waals surface area (Å²) in [7, 11) is 3.63. The summed E-state index contributed by atoms with van der Waals surface area (Å²) in [6.45, 7) is 4.05. The first kappa shape index (κ1) is 9.56. The third-order valence-corrected chi connectivity index (χ3v) is 3.23. The molecule has 0 saturated carbocycles. The maximum Gasteiger partial charge on any atom is 0.319 e. The summed E-state index contributed by atoms with van der Waals surface area (Å²) in [6, 6.07) is 0.158. The van der Waals surface area contributed by atoms with Crippen LogP contribution in [0.3, 0.4) is 0 Å². The number of rotatable bonds is 0. The first-order valence-electron chi connectivity index (χ1n) is 5.21. The molecule has 3 nitrogen and oxygen atoms in total.